The smallest absolute Gasteiger partial charge is 0.332 e. The largest absolute Gasteiger partial charge is 0.338 e. The molecule has 0 spiro atoms. The van der Waals surface area contributed by atoms with E-state index in [2.05, 4.69) is 15.0 Å². The number of aryl methyl sites for hydroxylation is 1. The van der Waals surface area contributed by atoms with E-state index in [1.807, 2.05) is 0 Å². The van der Waals surface area contributed by atoms with Gasteiger partial charge in [0.15, 0.2) is 5.65 Å². The second-order valence-electron chi connectivity index (χ2n) is 6.86. The van der Waals surface area contributed by atoms with Gasteiger partial charge in [-0.05, 0) is 25.0 Å². The molecule has 1 unspecified atom stereocenters. The number of piperidine rings is 1. The highest BCUT2D eigenvalue weighted by atomic mass is 16.2. The lowest BCUT2D eigenvalue weighted by atomic mass is 9.97. The Morgan fingerprint density at radius 1 is 1.26 bits per heavy atom. The molecule has 4 heterocycles. The number of imidazole rings is 1. The van der Waals surface area contributed by atoms with Crippen LogP contribution in [0.25, 0.3) is 11.2 Å². The third-order valence-electron chi connectivity index (χ3n) is 5.12. The van der Waals surface area contributed by atoms with Crippen molar-refractivity contribution >= 4 is 17.1 Å². The molecule has 1 aliphatic heterocycles. The number of aromatic nitrogens is 5. The number of pyridine rings is 1. The molecule has 0 aliphatic carbocycles. The van der Waals surface area contributed by atoms with E-state index in [0.29, 0.717) is 35.6 Å². The Balaban J connectivity index is 1.67. The van der Waals surface area contributed by atoms with Crippen LogP contribution in [-0.4, -0.2) is 48.0 Å². The lowest BCUT2D eigenvalue weighted by molar-refractivity contribution is 0.0704. The maximum Gasteiger partial charge on any atom is 0.332 e. The quantitative estimate of drug-likeness (QED) is 0.704. The van der Waals surface area contributed by atoms with E-state index < -0.39 is 11.2 Å². The first-order valence-corrected chi connectivity index (χ1v) is 8.82. The highest BCUT2D eigenvalue weighted by Gasteiger charge is 2.28. The molecule has 3 aromatic rings. The standard InChI is InChI=1S/C18H20N6O3/c1-22-15-13(17(26)23(2)18(22)27)20-14(21-15)12-6-4-8-24(10-12)16(25)11-5-3-7-19-9-11/h3,5,7,9,12H,4,6,8,10H2,1-2H3,(H,20,21). The molecule has 0 saturated carbocycles. The van der Waals surface area contributed by atoms with E-state index in [1.54, 1.807) is 36.5 Å². The van der Waals surface area contributed by atoms with Crippen LogP contribution < -0.4 is 11.2 Å². The van der Waals surface area contributed by atoms with Crippen molar-refractivity contribution in [2.75, 3.05) is 13.1 Å². The molecule has 1 amide bonds. The summed E-state index contributed by atoms with van der Waals surface area (Å²) in [7, 11) is 3.04. The minimum absolute atomic E-state index is 0.0217. The van der Waals surface area contributed by atoms with E-state index >= 15 is 0 Å². The topological polar surface area (TPSA) is 106 Å². The van der Waals surface area contributed by atoms with Gasteiger partial charge >= 0.3 is 5.69 Å². The monoisotopic (exact) mass is 368 g/mol. The molecule has 0 aromatic carbocycles. The second-order valence-corrected chi connectivity index (χ2v) is 6.86. The van der Waals surface area contributed by atoms with Crippen molar-refractivity contribution in [2.45, 2.75) is 18.8 Å². The molecular weight excluding hydrogens is 348 g/mol. The van der Waals surface area contributed by atoms with Crippen LogP contribution in [0.3, 0.4) is 0 Å². The number of aromatic amines is 1. The van der Waals surface area contributed by atoms with Crippen LogP contribution in [0.5, 0.6) is 0 Å². The molecule has 1 N–H and O–H groups in total. The molecule has 4 rings (SSSR count). The van der Waals surface area contributed by atoms with Gasteiger partial charge in [0.1, 0.15) is 11.3 Å². The van der Waals surface area contributed by atoms with E-state index in [9.17, 15) is 14.4 Å². The number of nitrogens with zero attached hydrogens (tertiary/aromatic N) is 5. The average Bonchev–Trinajstić information content (AvgIpc) is 3.16. The minimum atomic E-state index is -0.414. The van der Waals surface area contributed by atoms with Gasteiger partial charge < -0.3 is 9.88 Å². The number of H-pyrrole nitrogens is 1. The average molecular weight is 368 g/mol. The summed E-state index contributed by atoms with van der Waals surface area (Å²) < 4.78 is 2.42. The summed E-state index contributed by atoms with van der Waals surface area (Å²) in [4.78, 5) is 50.6. The summed E-state index contributed by atoms with van der Waals surface area (Å²) in [5.41, 5.74) is 0.395. The number of hydrogen-bond donors (Lipinski definition) is 1. The molecule has 140 valence electrons. The van der Waals surface area contributed by atoms with Crippen LogP contribution in [0.1, 0.15) is 34.9 Å². The molecule has 1 aliphatic rings. The van der Waals surface area contributed by atoms with Crippen LogP contribution in [-0.2, 0) is 14.1 Å². The molecule has 0 bridgehead atoms. The van der Waals surface area contributed by atoms with Crippen molar-refractivity contribution in [3.05, 3.63) is 56.8 Å². The van der Waals surface area contributed by atoms with Crippen molar-refractivity contribution < 1.29 is 4.79 Å². The molecule has 0 radical (unpaired) electrons. The summed E-state index contributed by atoms with van der Waals surface area (Å²) in [5.74, 6) is 0.547. The molecule has 3 aromatic heterocycles. The van der Waals surface area contributed by atoms with Crippen LogP contribution in [0.2, 0.25) is 0 Å². The first-order chi connectivity index (χ1) is 13.0. The zero-order valence-corrected chi connectivity index (χ0v) is 15.2. The minimum Gasteiger partial charge on any atom is -0.338 e. The highest BCUT2D eigenvalue weighted by Crippen LogP contribution is 2.26. The van der Waals surface area contributed by atoms with Gasteiger partial charge in [0, 0.05) is 45.5 Å². The van der Waals surface area contributed by atoms with Gasteiger partial charge in [-0.25, -0.2) is 9.78 Å². The first kappa shape index (κ1) is 17.2. The van der Waals surface area contributed by atoms with Crippen molar-refractivity contribution in [1.29, 1.82) is 0 Å². The predicted octanol–water partition coefficient (Wildman–Crippen LogP) is 0.375. The molecule has 1 fully saturated rings. The molecule has 1 saturated heterocycles. The van der Waals surface area contributed by atoms with Gasteiger partial charge in [-0.3, -0.25) is 23.7 Å². The molecule has 9 nitrogen and oxygen atoms in total. The van der Waals surface area contributed by atoms with Gasteiger partial charge in [0.05, 0.1) is 5.56 Å². The fourth-order valence-corrected chi connectivity index (χ4v) is 3.59. The fraction of sp³-hybridized carbons (Fsp3) is 0.389. The number of likely N-dealkylation sites (tertiary alicyclic amines) is 1. The number of fused-ring (bicyclic) bond motifs is 1. The van der Waals surface area contributed by atoms with Gasteiger partial charge in [-0.1, -0.05) is 0 Å². The maximum atomic E-state index is 12.7. The lowest BCUT2D eigenvalue weighted by Gasteiger charge is -2.31. The maximum absolute atomic E-state index is 12.7. The molecule has 27 heavy (non-hydrogen) atoms. The Bertz CT molecular complexity index is 1130. The van der Waals surface area contributed by atoms with Crippen LogP contribution in [0.4, 0.5) is 0 Å². The van der Waals surface area contributed by atoms with Crippen molar-refractivity contribution in [3.8, 4) is 0 Å². The number of carbonyl (C=O) groups excluding carboxylic acids is 1. The van der Waals surface area contributed by atoms with E-state index in [1.165, 1.54) is 11.6 Å². The summed E-state index contributed by atoms with van der Waals surface area (Å²) >= 11 is 0. The number of hydrogen-bond acceptors (Lipinski definition) is 5. The van der Waals surface area contributed by atoms with Crippen LogP contribution in [0, 0.1) is 0 Å². The molecule has 9 heteroatoms. The third kappa shape index (κ3) is 2.84. The molecular formula is C18H20N6O3. The van der Waals surface area contributed by atoms with Crippen LogP contribution in [0.15, 0.2) is 34.1 Å². The second kappa shape index (κ2) is 6.49. The van der Waals surface area contributed by atoms with Gasteiger partial charge in [0.25, 0.3) is 11.5 Å². The fourth-order valence-electron chi connectivity index (χ4n) is 3.59. The van der Waals surface area contributed by atoms with Crippen LogP contribution >= 0.6 is 0 Å². The highest BCUT2D eigenvalue weighted by molar-refractivity contribution is 5.94. The number of rotatable bonds is 2. The Hall–Kier alpha value is -3.23. The summed E-state index contributed by atoms with van der Waals surface area (Å²) in [6.45, 7) is 1.17. The normalized spacial score (nSPS) is 17.4. The number of carbonyl (C=O) groups is 1. The number of nitrogens with one attached hydrogen (secondary N) is 1. The Kier molecular flexibility index (Phi) is 4.14. The van der Waals surface area contributed by atoms with E-state index in [-0.39, 0.29) is 11.8 Å². The Morgan fingerprint density at radius 2 is 2.07 bits per heavy atom. The van der Waals surface area contributed by atoms with Gasteiger partial charge in [-0.15, -0.1) is 0 Å². The zero-order valence-electron chi connectivity index (χ0n) is 15.2. The predicted molar refractivity (Wildman–Crippen MR) is 98.7 cm³/mol. The lowest BCUT2D eigenvalue weighted by Crippen LogP contribution is -2.39. The Morgan fingerprint density at radius 3 is 2.81 bits per heavy atom. The van der Waals surface area contributed by atoms with Gasteiger partial charge in [0.2, 0.25) is 0 Å². The van der Waals surface area contributed by atoms with E-state index in [0.717, 1.165) is 17.4 Å². The summed E-state index contributed by atoms with van der Waals surface area (Å²) in [5, 5.41) is 0. The summed E-state index contributed by atoms with van der Waals surface area (Å²) in [6, 6.07) is 3.49. The SMILES string of the molecule is Cn1c(=O)c2[nH]c(C3CCCN(C(=O)c4cccnc4)C3)nc2n(C)c1=O. The summed E-state index contributed by atoms with van der Waals surface area (Å²) in [6.07, 6.45) is 4.89. The Labute approximate surface area is 154 Å². The van der Waals surface area contributed by atoms with Crippen molar-refractivity contribution in [3.63, 3.8) is 0 Å². The van der Waals surface area contributed by atoms with Gasteiger partial charge in [-0.2, -0.15) is 0 Å². The van der Waals surface area contributed by atoms with E-state index in [4.69, 9.17) is 0 Å². The van der Waals surface area contributed by atoms with Crippen molar-refractivity contribution in [2.24, 2.45) is 14.1 Å². The first-order valence-electron chi connectivity index (χ1n) is 8.82. The molecule has 1 atom stereocenters. The number of amides is 1. The van der Waals surface area contributed by atoms with Crippen molar-refractivity contribution in [1.82, 2.24) is 29.0 Å². The third-order valence-corrected chi connectivity index (χ3v) is 5.12. The zero-order chi connectivity index (χ0) is 19.1.